The maximum absolute atomic E-state index is 5.87. The Hall–Kier alpha value is -2.07. The van der Waals surface area contributed by atoms with E-state index < -0.39 is 0 Å². The Labute approximate surface area is 141 Å². The van der Waals surface area contributed by atoms with Gasteiger partial charge in [0.25, 0.3) is 0 Å². The molecule has 0 aliphatic heterocycles. The van der Waals surface area contributed by atoms with Crippen molar-refractivity contribution in [2.75, 3.05) is 11.9 Å². The van der Waals surface area contributed by atoms with Gasteiger partial charge in [0.2, 0.25) is 0 Å². The monoisotopic (exact) mass is 326 g/mol. The Morgan fingerprint density at radius 2 is 1.96 bits per heavy atom. The highest BCUT2D eigenvalue weighted by atomic mass is 32.1. The van der Waals surface area contributed by atoms with Crippen molar-refractivity contribution in [2.45, 2.75) is 33.7 Å². The van der Waals surface area contributed by atoms with Gasteiger partial charge in [-0.25, -0.2) is 4.98 Å². The normalized spacial score (nSPS) is 10.9. The van der Waals surface area contributed by atoms with E-state index in [0.29, 0.717) is 0 Å². The van der Waals surface area contributed by atoms with Crippen LogP contribution in [0, 0.1) is 13.8 Å². The fraction of sp³-hybridized carbons (Fsp3) is 0.316. The van der Waals surface area contributed by atoms with Crippen LogP contribution in [0.2, 0.25) is 0 Å². The van der Waals surface area contributed by atoms with Gasteiger partial charge in [-0.2, -0.15) is 0 Å². The van der Waals surface area contributed by atoms with Crippen LogP contribution in [-0.2, 0) is 6.54 Å². The highest BCUT2D eigenvalue weighted by Crippen LogP contribution is 2.36. The van der Waals surface area contributed by atoms with Crippen LogP contribution in [0.1, 0.15) is 30.0 Å². The largest absolute Gasteiger partial charge is 0.493 e. The third kappa shape index (κ3) is 3.48. The molecule has 3 aromatic rings. The topological polar surface area (TPSA) is 34.1 Å². The molecule has 0 spiro atoms. The Morgan fingerprint density at radius 3 is 2.70 bits per heavy atom. The average molecular weight is 326 g/mol. The molecule has 3 nitrogen and oxygen atoms in total. The number of nitrogens with zero attached hydrogens (tertiary/aromatic N) is 1. The molecular formula is C19H22N2OS. The number of fused-ring (bicyclic) bond motifs is 1. The van der Waals surface area contributed by atoms with Crippen LogP contribution >= 0.6 is 11.3 Å². The van der Waals surface area contributed by atoms with Crippen molar-refractivity contribution in [3.05, 3.63) is 53.1 Å². The lowest BCUT2D eigenvalue weighted by Gasteiger charge is -2.09. The van der Waals surface area contributed by atoms with Crippen molar-refractivity contribution in [1.82, 2.24) is 4.98 Å². The van der Waals surface area contributed by atoms with Crippen LogP contribution in [0.25, 0.3) is 10.2 Å². The molecule has 2 aromatic carbocycles. The van der Waals surface area contributed by atoms with Crippen LogP contribution in [-0.4, -0.2) is 11.6 Å². The Balaban J connectivity index is 1.86. The van der Waals surface area contributed by atoms with Crippen molar-refractivity contribution in [1.29, 1.82) is 0 Å². The number of hydrogen-bond donors (Lipinski definition) is 1. The minimum Gasteiger partial charge on any atom is -0.493 e. The molecule has 4 heteroatoms. The molecule has 0 aliphatic rings. The zero-order chi connectivity index (χ0) is 16.2. The van der Waals surface area contributed by atoms with Crippen molar-refractivity contribution >= 4 is 26.7 Å². The lowest BCUT2D eigenvalue weighted by atomic mass is 10.1. The number of ether oxygens (including phenoxy) is 1. The summed E-state index contributed by atoms with van der Waals surface area (Å²) in [5.41, 5.74) is 4.68. The first-order valence-corrected chi connectivity index (χ1v) is 8.82. The molecule has 1 aromatic heterocycles. The first-order valence-electron chi connectivity index (χ1n) is 8.00. The number of benzene rings is 2. The van der Waals surface area contributed by atoms with Gasteiger partial charge in [0.05, 0.1) is 16.8 Å². The molecule has 23 heavy (non-hydrogen) atoms. The number of aromatic nitrogens is 1. The summed E-state index contributed by atoms with van der Waals surface area (Å²) in [6, 6.07) is 12.5. The molecule has 0 bridgehead atoms. The number of thiazole rings is 1. The van der Waals surface area contributed by atoms with E-state index in [1.54, 1.807) is 11.3 Å². The second-order valence-corrected chi connectivity index (χ2v) is 6.70. The highest BCUT2D eigenvalue weighted by molar-refractivity contribution is 7.22. The molecule has 0 fully saturated rings. The predicted octanol–water partition coefficient (Wildman–Crippen LogP) is 5.31. The molecular weight excluding hydrogens is 304 g/mol. The van der Waals surface area contributed by atoms with E-state index >= 15 is 0 Å². The summed E-state index contributed by atoms with van der Waals surface area (Å²) in [6.45, 7) is 7.88. The molecule has 0 aliphatic carbocycles. The van der Waals surface area contributed by atoms with E-state index in [0.717, 1.165) is 36.0 Å². The van der Waals surface area contributed by atoms with Gasteiger partial charge in [-0.3, -0.25) is 0 Å². The molecule has 3 rings (SSSR count). The van der Waals surface area contributed by atoms with E-state index in [4.69, 9.17) is 9.72 Å². The van der Waals surface area contributed by atoms with E-state index in [9.17, 15) is 0 Å². The molecule has 0 amide bonds. The number of rotatable bonds is 6. The molecule has 0 radical (unpaired) electrons. The Kier molecular flexibility index (Phi) is 4.82. The average Bonchev–Trinajstić information content (AvgIpc) is 3.01. The van der Waals surface area contributed by atoms with Gasteiger partial charge < -0.3 is 10.1 Å². The molecule has 0 unspecified atom stereocenters. The van der Waals surface area contributed by atoms with Crippen LogP contribution in [0.4, 0.5) is 5.13 Å². The lowest BCUT2D eigenvalue weighted by molar-refractivity contribution is 0.316. The zero-order valence-corrected chi connectivity index (χ0v) is 14.7. The third-order valence-corrected chi connectivity index (χ3v) is 4.94. The highest BCUT2D eigenvalue weighted by Gasteiger charge is 2.13. The van der Waals surface area contributed by atoms with Crippen molar-refractivity contribution in [3.63, 3.8) is 0 Å². The molecule has 1 N–H and O–H groups in total. The second kappa shape index (κ2) is 7.01. The first-order chi connectivity index (χ1) is 11.2. The van der Waals surface area contributed by atoms with Crippen molar-refractivity contribution < 1.29 is 4.74 Å². The summed E-state index contributed by atoms with van der Waals surface area (Å²) in [4.78, 5) is 4.76. The van der Waals surface area contributed by atoms with Gasteiger partial charge in [0, 0.05) is 12.1 Å². The van der Waals surface area contributed by atoms with E-state index in [1.165, 1.54) is 21.4 Å². The minimum atomic E-state index is 0.754. The quantitative estimate of drug-likeness (QED) is 0.666. The van der Waals surface area contributed by atoms with Gasteiger partial charge in [-0.1, -0.05) is 48.6 Å². The lowest BCUT2D eigenvalue weighted by Crippen LogP contribution is -1.98. The minimum absolute atomic E-state index is 0.754. The van der Waals surface area contributed by atoms with E-state index in [-0.39, 0.29) is 0 Å². The van der Waals surface area contributed by atoms with E-state index in [1.807, 2.05) is 6.07 Å². The maximum Gasteiger partial charge on any atom is 0.184 e. The fourth-order valence-electron chi connectivity index (χ4n) is 2.54. The van der Waals surface area contributed by atoms with Gasteiger partial charge in [-0.05, 0) is 37.5 Å². The van der Waals surface area contributed by atoms with E-state index in [2.05, 4.69) is 56.4 Å². The van der Waals surface area contributed by atoms with Crippen LogP contribution in [0.15, 0.2) is 36.4 Å². The molecule has 120 valence electrons. The number of nitrogens with one attached hydrogen (secondary N) is 1. The van der Waals surface area contributed by atoms with Gasteiger partial charge in [-0.15, -0.1) is 0 Å². The Morgan fingerprint density at radius 1 is 1.17 bits per heavy atom. The SMILES string of the molecule is CCCOc1cc(C)c2nc(NCc3ccccc3)sc2c1C. The zero-order valence-electron chi connectivity index (χ0n) is 13.8. The maximum atomic E-state index is 5.87. The molecule has 1 heterocycles. The molecule has 0 saturated heterocycles. The first kappa shape index (κ1) is 15.8. The van der Waals surface area contributed by atoms with Gasteiger partial charge in [0.1, 0.15) is 5.75 Å². The molecule has 0 saturated carbocycles. The summed E-state index contributed by atoms with van der Waals surface area (Å²) in [6.07, 6.45) is 1.02. The standard InChI is InChI=1S/C19H22N2OS/c1-4-10-22-16-11-13(2)17-18(14(16)3)23-19(21-17)20-12-15-8-6-5-7-9-15/h5-9,11H,4,10,12H2,1-3H3,(H,20,21). The summed E-state index contributed by atoms with van der Waals surface area (Å²) >= 11 is 1.70. The summed E-state index contributed by atoms with van der Waals surface area (Å²) in [5, 5.41) is 4.39. The van der Waals surface area contributed by atoms with Gasteiger partial charge >= 0.3 is 0 Å². The summed E-state index contributed by atoms with van der Waals surface area (Å²) in [7, 11) is 0. The molecule has 0 atom stereocenters. The van der Waals surface area contributed by atoms with Crippen LogP contribution in [0.3, 0.4) is 0 Å². The van der Waals surface area contributed by atoms with Crippen LogP contribution < -0.4 is 10.1 Å². The summed E-state index contributed by atoms with van der Waals surface area (Å²) in [5.74, 6) is 0.982. The van der Waals surface area contributed by atoms with Crippen molar-refractivity contribution in [3.8, 4) is 5.75 Å². The number of anilines is 1. The fourth-order valence-corrected chi connectivity index (χ4v) is 3.57. The van der Waals surface area contributed by atoms with Crippen LogP contribution in [0.5, 0.6) is 5.75 Å². The number of aryl methyl sites for hydroxylation is 2. The van der Waals surface area contributed by atoms with Crippen molar-refractivity contribution in [2.24, 2.45) is 0 Å². The second-order valence-electron chi connectivity index (χ2n) is 5.70. The number of hydrogen-bond acceptors (Lipinski definition) is 4. The summed E-state index contributed by atoms with van der Waals surface area (Å²) < 4.78 is 7.09. The third-order valence-electron chi connectivity index (χ3n) is 3.81. The van der Waals surface area contributed by atoms with Gasteiger partial charge in [0.15, 0.2) is 5.13 Å². The Bertz CT molecular complexity index is 796. The smallest absolute Gasteiger partial charge is 0.184 e. The predicted molar refractivity (Wildman–Crippen MR) is 98.6 cm³/mol.